The van der Waals surface area contributed by atoms with Gasteiger partial charge in [0.1, 0.15) is 17.2 Å². The van der Waals surface area contributed by atoms with E-state index in [0.29, 0.717) is 17.4 Å². The molecule has 0 aliphatic heterocycles. The molecule has 5 aromatic rings. The van der Waals surface area contributed by atoms with Gasteiger partial charge in [-0.25, -0.2) is 4.79 Å². The smallest absolute Gasteiger partial charge is 0.345 e. The van der Waals surface area contributed by atoms with Gasteiger partial charge < -0.3 is 14.4 Å². The van der Waals surface area contributed by atoms with Gasteiger partial charge in [0, 0.05) is 12.1 Å². The van der Waals surface area contributed by atoms with Crippen LogP contribution >= 0.6 is 11.3 Å². The largest absolute Gasteiger partial charge is 0.489 e. The molecule has 2 heterocycles. The molecule has 6 rings (SSSR count). The van der Waals surface area contributed by atoms with E-state index in [1.165, 1.54) is 43.4 Å². The maximum absolute atomic E-state index is 12.0. The van der Waals surface area contributed by atoms with E-state index >= 15 is 0 Å². The number of aromatic nitrogens is 1. The molecule has 0 amide bonds. The van der Waals surface area contributed by atoms with Crippen LogP contribution in [0, 0.1) is 5.92 Å². The molecule has 3 aromatic carbocycles. The Kier molecular flexibility index (Phi) is 7.02. The molecular weight excluding hydrogens is 490 g/mol. The van der Waals surface area contributed by atoms with Gasteiger partial charge in [-0.05, 0) is 65.8 Å². The third-order valence-electron chi connectivity index (χ3n) is 7.55. The zero-order valence-corrected chi connectivity index (χ0v) is 22.1. The summed E-state index contributed by atoms with van der Waals surface area (Å²) < 4.78 is 9.51. The first-order valence-electron chi connectivity index (χ1n) is 13.4. The van der Waals surface area contributed by atoms with Crippen LogP contribution in [0.25, 0.3) is 32.6 Å². The number of fused-ring (bicyclic) bond motifs is 1. The Morgan fingerprint density at radius 2 is 1.55 bits per heavy atom. The summed E-state index contributed by atoms with van der Waals surface area (Å²) in [5, 5.41) is 9.81. The van der Waals surface area contributed by atoms with Crippen molar-refractivity contribution in [2.75, 3.05) is 0 Å². The fraction of sp³-hybridized carbons (Fsp3) is 0.242. The molecule has 1 N–H and O–H groups in total. The molecule has 1 saturated carbocycles. The van der Waals surface area contributed by atoms with E-state index in [1.54, 1.807) is 0 Å². The number of carbonyl (C=O) groups is 1. The molecule has 2 aromatic heterocycles. The summed E-state index contributed by atoms with van der Waals surface area (Å²) in [6.07, 6.45) is 6.30. The molecule has 1 fully saturated rings. The average molecular weight is 522 g/mol. The first-order chi connectivity index (χ1) is 18.7. The molecule has 0 saturated heterocycles. The van der Waals surface area contributed by atoms with Crippen molar-refractivity contribution in [3.63, 3.8) is 0 Å². The van der Waals surface area contributed by atoms with Gasteiger partial charge in [-0.15, -0.1) is 11.3 Å². The number of ether oxygens (including phenoxy) is 1. The average Bonchev–Trinajstić information content (AvgIpc) is 3.52. The molecule has 0 radical (unpaired) electrons. The Labute approximate surface area is 227 Å². The van der Waals surface area contributed by atoms with Gasteiger partial charge in [0.2, 0.25) is 0 Å². The number of carboxylic acid groups (broad SMARTS) is 1. The summed E-state index contributed by atoms with van der Waals surface area (Å²) in [5.41, 5.74) is 6.67. The predicted molar refractivity (Wildman–Crippen MR) is 155 cm³/mol. The summed E-state index contributed by atoms with van der Waals surface area (Å²) in [4.78, 5) is 12.4. The minimum atomic E-state index is -0.865. The van der Waals surface area contributed by atoms with Crippen LogP contribution in [0.1, 0.15) is 47.3 Å². The summed E-state index contributed by atoms with van der Waals surface area (Å²) in [7, 11) is 0. The SMILES string of the molecule is O=C(O)c1cc2c(s1)c(-c1ccccc1)c(-c1ccc(OCc3ccccc3)cc1)n2CC1CCCCC1. The van der Waals surface area contributed by atoms with Gasteiger partial charge in [0.25, 0.3) is 0 Å². The van der Waals surface area contributed by atoms with E-state index < -0.39 is 5.97 Å². The molecule has 0 atom stereocenters. The number of thiophene rings is 1. The molecule has 5 heteroatoms. The number of aromatic carboxylic acids is 1. The Morgan fingerprint density at radius 3 is 2.24 bits per heavy atom. The number of hydrogen-bond donors (Lipinski definition) is 1. The van der Waals surface area contributed by atoms with E-state index in [2.05, 4.69) is 53.1 Å². The van der Waals surface area contributed by atoms with Gasteiger partial charge in [-0.2, -0.15) is 0 Å². The highest BCUT2D eigenvalue weighted by molar-refractivity contribution is 7.21. The highest BCUT2D eigenvalue weighted by atomic mass is 32.1. The van der Waals surface area contributed by atoms with Crippen molar-refractivity contribution in [1.82, 2.24) is 4.57 Å². The van der Waals surface area contributed by atoms with Crippen molar-refractivity contribution in [2.45, 2.75) is 45.3 Å². The Hall–Kier alpha value is -3.83. The van der Waals surface area contributed by atoms with Crippen LogP contribution in [0.4, 0.5) is 0 Å². The van der Waals surface area contributed by atoms with E-state index in [4.69, 9.17) is 4.74 Å². The number of nitrogens with zero attached hydrogens (tertiary/aromatic N) is 1. The second kappa shape index (κ2) is 10.9. The Bertz CT molecular complexity index is 1530. The highest BCUT2D eigenvalue weighted by Gasteiger charge is 2.26. The van der Waals surface area contributed by atoms with Crippen LogP contribution < -0.4 is 4.74 Å². The first-order valence-corrected chi connectivity index (χ1v) is 14.2. The number of benzene rings is 3. The lowest BCUT2D eigenvalue weighted by Crippen LogP contribution is -2.14. The molecule has 0 spiro atoms. The van der Waals surface area contributed by atoms with Crippen LogP contribution in [0.15, 0.2) is 91.0 Å². The maximum atomic E-state index is 12.0. The molecule has 4 nitrogen and oxygen atoms in total. The monoisotopic (exact) mass is 521 g/mol. The Balaban J connectivity index is 1.45. The zero-order chi connectivity index (χ0) is 25.9. The highest BCUT2D eigenvalue weighted by Crippen LogP contribution is 2.45. The number of carboxylic acids is 1. The van der Waals surface area contributed by atoms with Crippen LogP contribution in [0.2, 0.25) is 0 Å². The van der Waals surface area contributed by atoms with Crippen molar-refractivity contribution in [2.24, 2.45) is 5.92 Å². The van der Waals surface area contributed by atoms with Crippen molar-refractivity contribution in [1.29, 1.82) is 0 Å². The van der Waals surface area contributed by atoms with Gasteiger partial charge in [-0.3, -0.25) is 0 Å². The van der Waals surface area contributed by atoms with Gasteiger partial charge in [0.15, 0.2) is 0 Å². The first kappa shape index (κ1) is 24.5. The van der Waals surface area contributed by atoms with E-state index in [0.717, 1.165) is 50.5 Å². The standard InChI is InChI=1S/C33H31NO3S/c35-33(36)29-20-28-32(38-29)30(25-14-8-3-9-15-25)31(34(28)21-23-10-4-1-5-11-23)26-16-18-27(19-17-26)37-22-24-12-6-2-7-13-24/h2-3,6-9,12-20,23H,1,4-5,10-11,21-22H2,(H,35,36). The van der Waals surface area contributed by atoms with Gasteiger partial charge in [-0.1, -0.05) is 79.9 Å². The van der Waals surface area contributed by atoms with E-state index in [-0.39, 0.29) is 0 Å². The van der Waals surface area contributed by atoms with Crippen molar-refractivity contribution >= 4 is 27.5 Å². The fourth-order valence-electron chi connectivity index (χ4n) is 5.67. The van der Waals surface area contributed by atoms with Crippen LogP contribution in [-0.2, 0) is 13.2 Å². The number of rotatable bonds is 8. The lowest BCUT2D eigenvalue weighted by Gasteiger charge is -2.24. The lowest BCUT2D eigenvalue weighted by atomic mass is 9.89. The second-order valence-electron chi connectivity index (χ2n) is 10.1. The molecule has 1 aliphatic rings. The van der Waals surface area contributed by atoms with Crippen molar-refractivity contribution < 1.29 is 14.6 Å². The molecule has 1 aliphatic carbocycles. The normalized spacial score (nSPS) is 14.1. The zero-order valence-electron chi connectivity index (χ0n) is 21.3. The lowest BCUT2D eigenvalue weighted by molar-refractivity contribution is 0.0702. The topological polar surface area (TPSA) is 51.5 Å². The quantitative estimate of drug-likeness (QED) is 0.222. The van der Waals surface area contributed by atoms with Crippen LogP contribution in [-0.4, -0.2) is 15.6 Å². The predicted octanol–water partition coefficient (Wildman–Crippen LogP) is 8.89. The van der Waals surface area contributed by atoms with Crippen LogP contribution in [0.5, 0.6) is 5.75 Å². The van der Waals surface area contributed by atoms with Gasteiger partial charge in [0.05, 0.1) is 15.9 Å². The fourth-order valence-corrected chi connectivity index (χ4v) is 6.74. The van der Waals surface area contributed by atoms with Crippen molar-refractivity contribution in [3.8, 4) is 28.1 Å². The molecule has 38 heavy (non-hydrogen) atoms. The summed E-state index contributed by atoms with van der Waals surface area (Å²) in [5.74, 6) is 0.568. The molecular formula is C33H31NO3S. The summed E-state index contributed by atoms with van der Waals surface area (Å²) >= 11 is 1.38. The minimum Gasteiger partial charge on any atom is -0.489 e. The second-order valence-corrected chi connectivity index (χ2v) is 11.2. The molecule has 0 unspecified atom stereocenters. The van der Waals surface area contributed by atoms with E-state index in [9.17, 15) is 9.90 Å². The molecule has 0 bridgehead atoms. The molecule has 192 valence electrons. The van der Waals surface area contributed by atoms with Crippen LogP contribution in [0.3, 0.4) is 0 Å². The van der Waals surface area contributed by atoms with Gasteiger partial charge >= 0.3 is 5.97 Å². The summed E-state index contributed by atoms with van der Waals surface area (Å²) in [6.45, 7) is 1.43. The maximum Gasteiger partial charge on any atom is 0.345 e. The third kappa shape index (κ3) is 4.99. The van der Waals surface area contributed by atoms with Crippen molar-refractivity contribution in [3.05, 3.63) is 101 Å². The van der Waals surface area contributed by atoms with E-state index in [1.807, 2.05) is 42.5 Å². The third-order valence-corrected chi connectivity index (χ3v) is 8.68. The summed E-state index contributed by atoms with van der Waals surface area (Å²) in [6, 6.07) is 30.8. The Morgan fingerprint density at radius 1 is 0.868 bits per heavy atom. The number of hydrogen-bond acceptors (Lipinski definition) is 3. The minimum absolute atomic E-state index is 0.390.